The van der Waals surface area contributed by atoms with Crippen molar-refractivity contribution in [3.05, 3.63) is 95.3 Å². The second-order valence-electron chi connectivity index (χ2n) is 7.17. The molecule has 1 heterocycles. The lowest BCUT2D eigenvalue weighted by Crippen LogP contribution is -2.22. The van der Waals surface area contributed by atoms with Crippen LogP contribution in [0.3, 0.4) is 0 Å². The van der Waals surface area contributed by atoms with E-state index in [0.29, 0.717) is 28.2 Å². The van der Waals surface area contributed by atoms with Gasteiger partial charge in [0.05, 0.1) is 15.5 Å². The molecule has 1 N–H and O–H groups in total. The molecule has 5 nitrogen and oxygen atoms in total. The average Bonchev–Trinajstić information content (AvgIpc) is 3.24. The molecule has 1 amide bonds. The number of carbonyl (C=O) groups is 1. The quantitative estimate of drug-likeness (QED) is 0.436. The molecule has 0 fully saturated rings. The largest absolute Gasteiger partial charge is 0.346 e. The van der Waals surface area contributed by atoms with Gasteiger partial charge < -0.3 is 5.32 Å². The smallest absolute Gasteiger partial charge is 0.280 e. The minimum absolute atomic E-state index is 0.195. The van der Waals surface area contributed by atoms with Gasteiger partial charge in [0, 0.05) is 18.4 Å². The molecular weight excluding hydrogens is 447 g/mol. The Hall–Kier alpha value is -3.36. The molecule has 0 saturated carbocycles. The summed E-state index contributed by atoms with van der Waals surface area (Å²) in [5.41, 5.74) is 2.88. The summed E-state index contributed by atoms with van der Waals surface area (Å²) in [6.07, 6.45) is 1.14. The van der Waals surface area contributed by atoms with E-state index in [1.807, 2.05) is 30.3 Å². The lowest BCUT2D eigenvalue weighted by Gasteiger charge is -2.04. The maximum Gasteiger partial charge on any atom is 0.280 e. The molecule has 32 heavy (non-hydrogen) atoms. The van der Waals surface area contributed by atoms with Crippen LogP contribution in [0.4, 0.5) is 4.39 Å². The summed E-state index contributed by atoms with van der Waals surface area (Å²) in [4.78, 5) is 18.2. The van der Waals surface area contributed by atoms with Crippen molar-refractivity contribution >= 4 is 27.1 Å². The van der Waals surface area contributed by atoms with Crippen LogP contribution in [0, 0.1) is 5.82 Å². The van der Waals surface area contributed by atoms with E-state index in [0.717, 1.165) is 11.8 Å². The zero-order valence-corrected chi connectivity index (χ0v) is 18.7. The zero-order chi connectivity index (χ0) is 22.7. The Morgan fingerprint density at radius 1 is 0.938 bits per heavy atom. The van der Waals surface area contributed by atoms with Gasteiger partial charge in [-0.05, 0) is 35.4 Å². The second-order valence-corrected chi connectivity index (χ2v) is 10.2. The van der Waals surface area contributed by atoms with Crippen LogP contribution in [0.1, 0.15) is 15.4 Å². The van der Waals surface area contributed by atoms with Crippen molar-refractivity contribution in [1.82, 2.24) is 10.3 Å². The highest BCUT2D eigenvalue weighted by atomic mass is 32.2. The summed E-state index contributed by atoms with van der Waals surface area (Å²) in [6.45, 7) is 0.365. The van der Waals surface area contributed by atoms with E-state index < -0.39 is 9.84 Å². The predicted molar refractivity (Wildman–Crippen MR) is 124 cm³/mol. The fraction of sp³-hybridized carbons (Fsp3) is 0.0833. The van der Waals surface area contributed by atoms with Crippen LogP contribution in [0.5, 0.6) is 0 Å². The normalized spacial score (nSPS) is 11.3. The first-order chi connectivity index (χ1) is 15.3. The Balaban J connectivity index is 1.70. The van der Waals surface area contributed by atoms with Crippen molar-refractivity contribution in [3.63, 3.8) is 0 Å². The summed E-state index contributed by atoms with van der Waals surface area (Å²) >= 11 is 1.20. The number of nitrogens with zero attached hydrogens (tertiary/aromatic N) is 1. The summed E-state index contributed by atoms with van der Waals surface area (Å²) < 4.78 is 37.0. The Labute approximate surface area is 189 Å². The van der Waals surface area contributed by atoms with E-state index in [1.165, 1.54) is 35.6 Å². The molecule has 4 aromatic rings. The zero-order valence-electron chi connectivity index (χ0n) is 17.1. The number of carbonyl (C=O) groups excluding carboxylic acids is 1. The minimum Gasteiger partial charge on any atom is -0.346 e. The van der Waals surface area contributed by atoms with Crippen LogP contribution in [0.15, 0.2) is 83.8 Å². The number of aromatic nitrogens is 1. The molecule has 162 valence electrons. The topological polar surface area (TPSA) is 76.1 Å². The van der Waals surface area contributed by atoms with Gasteiger partial charge in [0.1, 0.15) is 5.82 Å². The van der Waals surface area contributed by atoms with Crippen LogP contribution >= 0.6 is 11.3 Å². The standard InChI is InChI=1S/C24H19FN2O3S2/c1-32(29,30)20-13-9-17(10-14-20)21-22(18-7-11-19(25)12-8-18)31-24(27-21)23(28)26-15-16-5-3-2-4-6-16/h2-14H,15H2,1H3,(H,26,28). The molecule has 0 saturated heterocycles. The number of halogens is 1. The SMILES string of the molecule is CS(=O)(=O)c1ccc(-c2nc(C(=O)NCc3ccccc3)sc2-c2ccc(F)cc2)cc1. The number of rotatable bonds is 6. The Bertz CT molecular complexity index is 1350. The van der Waals surface area contributed by atoms with Crippen LogP contribution in [0.25, 0.3) is 21.7 Å². The third kappa shape index (κ3) is 4.92. The predicted octanol–water partition coefficient (Wildman–Crippen LogP) is 4.95. The van der Waals surface area contributed by atoms with E-state index in [4.69, 9.17) is 0 Å². The van der Waals surface area contributed by atoms with Gasteiger partial charge in [-0.2, -0.15) is 0 Å². The van der Waals surface area contributed by atoms with Crippen LogP contribution in [-0.2, 0) is 16.4 Å². The molecule has 0 atom stereocenters. The van der Waals surface area contributed by atoms with E-state index in [1.54, 1.807) is 24.3 Å². The fourth-order valence-corrected chi connectivity index (χ4v) is 4.76. The van der Waals surface area contributed by atoms with Gasteiger partial charge in [-0.3, -0.25) is 4.79 Å². The maximum absolute atomic E-state index is 13.4. The van der Waals surface area contributed by atoms with Crippen molar-refractivity contribution in [2.24, 2.45) is 0 Å². The molecule has 1 aromatic heterocycles. The van der Waals surface area contributed by atoms with Crippen LogP contribution in [0.2, 0.25) is 0 Å². The van der Waals surface area contributed by atoms with Gasteiger partial charge >= 0.3 is 0 Å². The third-order valence-corrected chi connectivity index (χ3v) is 7.01. The second kappa shape index (κ2) is 9.02. The molecule has 0 radical (unpaired) electrons. The number of sulfone groups is 1. The van der Waals surface area contributed by atoms with Crippen LogP contribution in [-0.4, -0.2) is 25.6 Å². The highest BCUT2D eigenvalue weighted by Crippen LogP contribution is 2.37. The number of hydrogen-bond donors (Lipinski definition) is 1. The minimum atomic E-state index is -3.33. The Morgan fingerprint density at radius 3 is 2.19 bits per heavy atom. The molecule has 3 aromatic carbocycles. The molecule has 0 spiro atoms. The molecule has 8 heteroatoms. The number of amides is 1. The summed E-state index contributed by atoms with van der Waals surface area (Å²) in [5.74, 6) is -0.681. The lowest BCUT2D eigenvalue weighted by molar-refractivity contribution is 0.0950. The summed E-state index contributed by atoms with van der Waals surface area (Å²) in [7, 11) is -3.33. The van der Waals surface area contributed by atoms with Gasteiger partial charge in [-0.1, -0.05) is 54.6 Å². The van der Waals surface area contributed by atoms with Crippen molar-refractivity contribution in [1.29, 1.82) is 0 Å². The molecule has 0 bridgehead atoms. The highest BCUT2D eigenvalue weighted by Gasteiger charge is 2.20. The number of nitrogens with one attached hydrogen (secondary N) is 1. The van der Waals surface area contributed by atoms with Gasteiger partial charge in [0.2, 0.25) is 0 Å². The van der Waals surface area contributed by atoms with Gasteiger partial charge in [-0.15, -0.1) is 11.3 Å². The summed E-state index contributed by atoms with van der Waals surface area (Å²) in [6, 6.07) is 21.8. The van der Waals surface area contributed by atoms with E-state index in [9.17, 15) is 17.6 Å². The summed E-state index contributed by atoms with van der Waals surface area (Å²) in [5, 5.41) is 3.13. The van der Waals surface area contributed by atoms with Gasteiger partial charge in [0.15, 0.2) is 14.8 Å². The number of thiazole rings is 1. The van der Waals surface area contributed by atoms with Crippen molar-refractivity contribution < 1.29 is 17.6 Å². The van der Waals surface area contributed by atoms with Crippen molar-refractivity contribution in [2.45, 2.75) is 11.4 Å². The molecule has 0 aliphatic carbocycles. The molecule has 4 rings (SSSR count). The van der Waals surface area contributed by atoms with E-state index in [-0.39, 0.29) is 21.6 Å². The highest BCUT2D eigenvalue weighted by molar-refractivity contribution is 7.90. The first-order valence-corrected chi connectivity index (χ1v) is 12.4. The van der Waals surface area contributed by atoms with E-state index in [2.05, 4.69) is 10.3 Å². The maximum atomic E-state index is 13.4. The number of benzene rings is 3. The van der Waals surface area contributed by atoms with Crippen molar-refractivity contribution in [3.8, 4) is 21.7 Å². The Kier molecular flexibility index (Phi) is 6.16. The third-order valence-electron chi connectivity index (χ3n) is 4.78. The monoisotopic (exact) mass is 466 g/mol. The molecule has 0 aliphatic heterocycles. The van der Waals surface area contributed by atoms with Gasteiger partial charge in [0.25, 0.3) is 5.91 Å². The fourth-order valence-electron chi connectivity index (χ4n) is 3.12. The van der Waals surface area contributed by atoms with Crippen molar-refractivity contribution in [2.75, 3.05) is 6.26 Å². The van der Waals surface area contributed by atoms with E-state index >= 15 is 0 Å². The first kappa shape index (κ1) is 21.9. The molecule has 0 unspecified atom stereocenters. The lowest BCUT2D eigenvalue weighted by atomic mass is 10.1. The number of hydrogen-bond acceptors (Lipinski definition) is 5. The average molecular weight is 467 g/mol. The molecular formula is C24H19FN2O3S2. The Morgan fingerprint density at radius 2 is 1.56 bits per heavy atom. The van der Waals surface area contributed by atoms with Crippen LogP contribution < -0.4 is 5.32 Å². The van der Waals surface area contributed by atoms with Gasteiger partial charge in [-0.25, -0.2) is 17.8 Å². The molecule has 0 aliphatic rings. The first-order valence-electron chi connectivity index (χ1n) is 9.70.